The zero-order chi connectivity index (χ0) is 13.2. The van der Waals surface area contributed by atoms with E-state index in [1.54, 1.807) is 11.8 Å². The molecule has 0 aliphatic carbocycles. The summed E-state index contributed by atoms with van der Waals surface area (Å²) >= 11 is 1.62. The summed E-state index contributed by atoms with van der Waals surface area (Å²) < 4.78 is 5.18. The third-order valence-corrected chi connectivity index (χ3v) is 3.79. The first-order valence-corrected chi connectivity index (χ1v) is 6.93. The number of para-hydroxylation sites is 1. The van der Waals surface area contributed by atoms with Gasteiger partial charge in [0.25, 0.3) is 0 Å². The summed E-state index contributed by atoms with van der Waals surface area (Å²) in [6, 6.07) is 12.2. The molecule has 1 aromatic carbocycles. The maximum absolute atomic E-state index is 5.18. The number of nitrogens with zero attached hydrogens (tertiary/aromatic N) is 3. The summed E-state index contributed by atoms with van der Waals surface area (Å²) in [5, 5.41) is 6.01. The van der Waals surface area contributed by atoms with Crippen molar-refractivity contribution in [2.45, 2.75) is 24.1 Å². The molecule has 0 saturated carbocycles. The molecule has 3 aromatic rings. The Morgan fingerprint density at radius 1 is 1.11 bits per heavy atom. The Morgan fingerprint density at radius 3 is 2.74 bits per heavy atom. The highest BCUT2D eigenvalue weighted by Crippen LogP contribution is 2.33. The van der Waals surface area contributed by atoms with Crippen molar-refractivity contribution in [3.05, 3.63) is 48.1 Å². The lowest BCUT2D eigenvalue weighted by Gasteiger charge is -2.06. The maximum Gasteiger partial charge on any atom is 0.239 e. The number of pyridine rings is 1. The summed E-state index contributed by atoms with van der Waals surface area (Å²) in [6.45, 7) is 3.85. The van der Waals surface area contributed by atoms with Crippen LogP contribution < -0.4 is 0 Å². The van der Waals surface area contributed by atoms with E-state index in [1.165, 1.54) is 0 Å². The van der Waals surface area contributed by atoms with Crippen LogP contribution in [0.15, 0.2) is 45.9 Å². The number of thioether (sulfide) groups is 1. The van der Waals surface area contributed by atoms with Crippen LogP contribution in [0.4, 0.5) is 0 Å². The van der Waals surface area contributed by atoms with Crippen molar-refractivity contribution in [1.29, 1.82) is 0 Å². The Kier molecular flexibility index (Phi) is 3.21. The molecular formula is C14H13N3OS. The number of aryl methyl sites for hydroxylation is 1. The molecule has 1 atom stereocenters. The van der Waals surface area contributed by atoms with Crippen LogP contribution >= 0.6 is 11.8 Å². The number of fused-ring (bicyclic) bond motifs is 1. The predicted octanol–water partition coefficient (Wildman–Crippen LogP) is 3.78. The van der Waals surface area contributed by atoms with Gasteiger partial charge in [-0.1, -0.05) is 41.2 Å². The standard InChI is InChI=1S/C14H13N3OS/c1-9(14-15-10(2)17-18-14)19-13-8-7-11-5-3-4-6-12(11)16-13/h3-9H,1-2H3. The van der Waals surface area contributed by atoms with Gasteiger partial charge in [-0.25, -0.2) is 4.98 Å². The van der Waals surface area contributed by atoms with Gasteiger partial charge in [-0.2, -0.15) is 4.98 Å². The van der Waals surface area contributed by atoms with Crippen molar-refractivity contribution in [2.75, 3.05) is 0 Å². The minimum Gasteiger partial charge on any atom is -0.338 e. The van der Waals surface area contributed by atoms with Gasteiger partial charge < -0.3 is 4.52 Å². The minimum absolute atomic E-state index is 0.0925. The Balaban J connectivity index is 1.84. The van der Waals surface area contributed by atoms with Crippen molar-refractivity contribution >= 4 is 22.7 Å². The summed E-state index contributed by atoms with van der Waals surface area (Å²) in [7, 11) is 0. The molecule has 0 N–H and O–H groups in total. The molecule has 0 bridgehead atoms. The fraction of sp³-hybridized carbons (Fsp3) is 0.214. The van der Waals surface area contributed by atoms with Crippen LogP contribution in [0.25, 0.3) is 10.9 Å². The Labute approximate surface area is 115 Å². The molecule has 3 rings (SSSR count). The maximum atomic E-state index is 5.18. The van der Waals surface area contributed by atoms with Crippen LogP contribution in [0.1, 0.15) is 23.9 Å². The first kappa shape index (κ1) is 12.2. The quantitative estimate of drug-likeness (QED) is 0.678. The van der Waals surface area contributed by atoms with E-state index >= 15 is 0 Å². The summed E-state index contributed by atoms with van der Waals surface area (Å²) in [5.41, 5.74) is 1.00. The van der Waals surface area contributed by atoms with Gasteiger partial charge in [-0.05, 0) is 26.0 Å². The van der Waals surface area contributed by atoms with E-state index in [1.807, 2.05) is 38.1 Å². The summed E-state index contributed by atoms with van der Waals surface area (Å²) in [6.07, 6.45) is 0. The SMILES string of the molecule is Cc1noc(C(C)Sc2ccc3ccccc3n2)n1. The monoisotopic (exact) mass is 271 g/mol. The van der Waals surface area contributed by atoms with Crippen molar-refractivity contribution in [2.24, 2.45) is 0 Å². The van der Waals surface area contributed by atoms with Gasteiger partial charge in [0.2, 0.25) is 5.89 Å². The molecule has 0 amide bonds. The summed E-state index contributed by atoms with van der Waals surface area (Å²) in [4.78, 5) is 8.86. The number of aromatic nitrogens is 3. The fourth-order valence-corrected chi connectivity index (χ4v) is 2.68. The molecule has 0 aliphatic rings. The fourth-order valence-electron chi connectivity index (χ4n) is 1.82. The lowest BCUT2D eigenvalue weighted by atomic mass is 10.2. The van der Waals surface area contributed by atoms with Crippen LogP contribution in [-0.2, 0) is 0 Å². The topological polar surface area (TPSA) is 51.8 Å². The van der Waals surface area contributed by atoms with Crippen molar-refractivity contribution in [3.8, 4) is 0 Å². The molecule has 5 heteroatoms. The van der Waals surface area contributed by atoms with Crippen LogP contribution in [0.3, 0.4) is 0 Å². The highest BCUT2D eigenvalue weighted by atomic mass is 32.2. The molecule has 0 saturated heterocycles. The Morgan fingerprint density at radius 2 is 1.95 bits per heavy atom. The first-order chi connectivity index (χ1) is 9.22. The molecule has 96 valence electrons. The Bertz CT molecular complexity index is 710. The highest BCUT2D eigenvalue weighted by molar-refractivity contribution is 7.99. The number of hydrogen-bond donors (Lipinski definition) is 0. The molecule has 0 radical (unpaired) electrons. The number of hydrogen-bond acceptors (Lipinski definition) is 5. The van der Waals surface area contributed by atoms with Crippen molar-refractivity contribution in [1.82, 2.24) is 15.1 Å². The molecule has 2 heterocycles. The minimum atomic E-state index is 0.0925. The predicted molar refractivity (Wildman–Crippen MR) is 75.1 cm³/mol. The van der Waals surface area contributed by atoms with Gasteiger partial charge in [-0.3, -0.25) is 0 Å². The van der Waals surface area contributed by atoms with E-state index in [-0.39, 0.29) is 5.25 Å². The lowest BCUT2D eigenvalue weighted by Crippen LogP contribution is -1.90. The van der Waals surface area contributed by atoms with E-state index in [0.717, 1.165) is 15.9 Å². The molecule has 0 aliphatic heterocycles. The van der Waals surface area contributed by atoms with Gasteiger partial charge in [-0.15, -0.1) is 0 Å². The second-order valence-corrected chi connectivity index (χ2v) is 5.64. The third kappa shape index (κ3) is 2.61. The van der Waals surface area contributed by atoms with E-state index in [2.05, 4.69) is 27.3 Å². The normalized spacial score (nSPS) is 12.7. The lowest BCUT2D eigenvalue weighted by molar-refractivity contribution is 0.376. The molecule has 1 unspecified atom stereocenters. The van der Waals surface area contributed by atoms with Gasteiger partial charge in [0, 0.05) is 5.39 Å². The molecule has 2 aromatic heterocycles. The van der Waals surface area contributed by atoms with E-state index in [9.17, 15) is 0 Å². The second-order valence-electron chi connectivity index (χ2n) is 4.28. The van der Waals surface area contributed by atoms with Gasteiger partial charge in [0.1, 0.15) is 0 Å². The van der Waals surface area contributed by atoms with Gasteiger partial charge >= 0.3 is 0 Å². The van der Waals surface area contributed by atoms with Crippen molar-refractivity contribution in [3.63, 3.8) is 0 Å². The van der Waals surface area contributed by atoms with Crippen LogP contribution in [0.5, 0.6) is 0 Å². The average molecular weight is 271 g/mol. The van der Waals surface area contributed by atoms with Crippen LogP contribution in [0, 0.1) is 6.92 Å². The molecule has 0 spiro atoms. The Hall–Kier alpha value is -1.88. The smallest absolute Gasteiger partial charge is 0.239 e. The molecular weight excluding hydrogens is 258 g/mol. The summed E-state index contributed by atoms with van der Waals surface area (Å²) in [5.74, 6) is 1.30. The molecule has 0 fully saturated rings. The zero-order valence-corrected chi connectivity index (χ0v) is 11.5. The van der Waals surface area contributed by atoms with Crippen LogP contribution in [-0.4, -0.2) is 15.1 Å². The first-order valence-electron chi connectivity index (χ1n) is 6.05. The highest BCUT2D eigenvalue weighted by Gasteiger charge is 2.15. The van der Waals surface area contributed by atoms with Crippen molar-refractivity contribution < 1.29 is 4.52 Å². The van der Waals surface area contributed by atoms with Gasteiger partial charge in [0.15, 0.2) is 5.82 Å². The second kappa shape index (κ2) is 5.01. The number of benzene rings is 1. The van der Waals surface area contributed by atoms with E-state index < -0.39 is 0 Å². The molecule has 4 nitrogen and oxygen atoms in total. The largest absolute Gasteiger partial charge is 0.338 e. The molecule has 19 heavy (non-hydrogen) atoms. The van der Waals surface area contributed by atoms with Gasteiger partial charge in [0.05, 0.1) is 15.8 Å². The zero-order valence-electron chi connectivity index (χ0n) is 10.7. The van der Waals surface area contributed by atoms with Crippen LogP contribution in [0.2, 0.25) is 0 Å². The van der Waals surface area contributed by atoms with E-state index in [0.29, 0.717) is 11.7 Å². The van der Waals surface area contributed by atoms with E-state index in [4.69, 9.17) is 4.52 Å². The third-order valence-electron chi connectivity index (χ3n) is 2.76. The number of rotatable bonds is 3. The average Bonchev–Trinajstić information content (AvgIpc) is 2.85.